The first-order chi connectivity index (χ1) is 6.61. The highest BCUT2D eigenvalue weighted by Gasteiger charge is 2.05. The Morgan fingerprint density at radius 3 is 2.00 bits per heavy atom. The van der Waals surface area contributed by atoms with E-state index >= 15 is 0 Å². The van der Waals surface area contributed by atoms with Gasteiger partial charge in [-0.2, -0.15) is 0 Å². The van der Waals surface area contributed by atoms with Gasteiger partial charge in [-0.25, -0.2) is 0 Å². The molecule has 0 unspecified atom stereocenters. The van der Waals surface area contributed by atoms with Crippen molar-refractivity contribution >= 4 is 5.57 Å². The lowest BCUT2D eigenvalue weighted by Gasteiger charge is -2.13. The zero-order valence-corrected chi connectivity index (χ0v) is 9.62. The highest BCUT2D eigenvalue weighted by molar-refractivity contribution is 5.66. The van der Waals surface area contributed by atoms with Gasteiger partial charge >= 0.3 is 0 Å². The molecule has 0 heteroatoms. The minimum atomic E-state index is 0.597. The average molecular weight is 188 g/mol. The van der Waals surface area contributed by atoms with E-state index in [2.05, 4.69) is 64.1 Å². The number of hydrogen-bond donors (Lipinski definition) is 0. The van der Waals surface area contributed by atoms with Gasteiger partial charge in [0.1, 0.15) is 0 Å². The quantitative estimate of drug-likeness (QED) is 0.660. The van der Waals surface area contributed by atoms with Crippen LogP contribution in [0.15, 0.2) is 36.4 Å². The molecule has 0 nitrogen and oxygen atoms in total. The SMILES string of the molecule is CC(C)/C=C(/c1ccccc1)C(C)C. The second-order valence-electron chi connectivity index (χ2n) is 4.39. The molecule has 0 aliphatic heterocycles. The van der Waals surface area contributed by atoms with Gasteiger partial charge in [-0.05, 0) is 23.0 Å². The summed E-state index contributed by atoms with van der Waals surface area (Å²) in [6, 6.07) is 10.6. The van der Waals surface area contributed by atoms with E-state index in [9.17, 15) is 0 Å². The third kappa shape index (κ3) is 3.02. The highest BCUT2D eigenvalue weighted by Crippen LogP contribution is 2.24. The first kappa shape index (κ1) is 11.0. The first-order valence-electron chi connectivity index (χ1n) is 5.38. The summed E-state index contributed by atoms with van der Waals surface area (Å²) >= 11 is 0. The maximum Gasteiger partial charge on any atom is -0.0216 e. The van der Waals surface area contributed by atoms with Crippen molar-refractivity contribution in [1.82, 2.24) is 0 Å². The number of rotatable bonds is 3. The molecule has 0 saturated carbocycles. The van der Waals surface area contributed by atoms with Crippen LogP contribution < -0.4 is 0 Å². The van der Waals surface area contributed by atoms with Crippen molar-refractivity contribution in [1.29, 1.82) is 0 Å². The van der Waals surface area contributed by atoms with Gasteiger partial charge < -0.3 is 0 Å². The minimum Gasteiger partial charge on any atom is -0.0779 e. The Labute approximate surface area is 87.7 Å². The summed E-state index contributed by atoms with van der Waals surface area (Å²) in [7, 11) is 0. The van der Waals surface area contributed by atoms with E-state index in [1.54, 1.807) is 0 Å². The third-order valence-electron chi connectivity index (χ3n) is 2.24. The monoisotopic (exact) mass is 188 g/mol. The molecule has 0 atom stereocenters. The fraction of sp³-hybridized carbons (Fsp3) is 0.429. The van der Waals surface area contributed by atoms with Crippen molar-refractivity contribution in [2.75, 3.05) is 0 Å². The van der Waals surface area contributed by atoms with E-state index < -0.39 is 0 Å². The van der Waals surface area contributed by atoms with Gasteiger partial charge in [-0.15, -0.1) is 0 Å². The van der Waals surface area contributed by atoms with Crippen molar-refractivity contribution < 1.29 is 0 Å². The first-order valence-corrected chi connectivity index (χ1v) is 5.38. The van der Waals surface area contributed by atoms with Gasteiger partial charge in [0.2, 0.25) is 0 Å². The predicted molar refractivity (Wildman–Crippen MR) is 64.1 cm³/mol. The van der Waals surface area contributed by atoms with Crippen molar-refractivity contribution in [3.05, 3.63) is 42.0 Å². The molecule has 76 valence electrons. The van der Waals surface area contributed by atoms with Crippen molar-refractivity contribution in [2.45, 2.75) is 27.7 Å². The summed E-state index contributed by atoms with van der Waals surface area (Å²) in [5.41, 5.74) is 2.82. The van der Waals surface area contributed by atoms with Crippen LogP contribution in [-0.2, 0) is 0 Å². The van der Waals surface area contributed by atoms with Crippen LogP contribution in [0.3, 0.4) is 0 Å². The van der Waals surface area contributed by atoms with Gasteiger partial charge in [0, 0.05) is 0 Å². The molecule has 0 spiro atoms. The van der Waals surface area contributed by atoms with Crippen LogP contribution in [0.4, 0.5) is 0 Å². The molecule has 1 aromatic carbocycles. The van der Waals surface area contributed by atoms with E-state index in [1.807, 2.05) is 0 Å². The molecular formula is C14H20. The summed E-state index contributed by atoms with van der Waals surface area (Å²) in [5.74, 6) is 1.22. The maximum atomic E-state index is 2.36. The molecule has 0 heterocycles. The van der Waals surface area contributed by atoms with Crippen LogP contribution in [0.25, 0.3) is 5.57 Å². The van der Waals surface area contributed by atoms with Gasteiger partial charge in [0.05, 0.1) is 0 Å². The van der Waals surface area contributed by atoms with Gasteiger partial charge in [-0.1, -0.05) is 64.1 Å². The van der Waals surface area contributed by atoms with E-state index in [1.165, 1.54) is 11.1 Å². The van der Waals surface area contributed by atoms with E-state index in [0.29, 0.717) is 11.8 Å². The van der Waals surface area contributed by atoms with Crippen molar-refractivity contribution in [3.8, 4) is 0 Å². The molecule has 1 rings (SSSR count). The smallest absolute Gasteiger partial charge is 0.0216 e. The lowest BCUT2D eigenvalue weighted by Crippen LogP contribution is -1.95. The summed E-state index contributed by atoms with van der Waals surface area (Å²) in [4.78, 5) is 0. The van der Waals surface area contributed by atoms with Crippen LogP contribution in [0.5, 0.6) is 0 Å². The van der Waals surface area contributed by atoms with E-state index in [0.717, 1.165) is 0 Å². The molecule has 14 heavy (non-hydrogen) atoms. The molecule has 0 N–H and O–H groups in total. The van der Waals surface area contributed by atoms with Crippen LogP contribution in [0.1, 0.15) is 33.3 Å². The Balaban J connectivity index is 3.01. The summed E-state index contributed by atoms with van der Waals surface area (Å²) in [6.07, 6.45) is 2.36. The predicted octanol–water partition coefficient (Wildman–Crippen LogP) is 4.38. The largest absolute Gasteiger partial charge is 0.0779 e. The fourth-order valence-electron chi connectivity index (χ4n) is 1.61. The fourth-order valence-corrected chi connectivity index (χ4v) is 1.61. The lowest BCUT2D eigenvalue weighted by molar-refractivity contribution is 0.797. The van der Waals surface area contributed by atoms with Gasteiger partial charge in [-0.3, -0.25) is 0 Å². The Morgan fingerprint density at radius 1 is 1.00 bits per heavy atom. The number of benzene rings is 1. The zero-order valence-electron chi connectivity index (χ0n) is 9.62. The Hall–Kier alpha value is -1.04. The summed E-state index contributed by atoms with van der Waals surface area (Å²) < 4.78 is 0. The van der Waals surface area contributed by atoms with Crippen LogP contribution in [0, 0.1) is 11.8 Å². The Kier molecular flexibility index (Phi) is 3.94. The summed E-state index contributed by atoms with van der Waals surface area (Å²) in [6.45, 7) is 8.96. The van der Waals surface area contributed by atoms with Crippen molar-refractivity contribution in [3.63, 3.8) is 0 Å². The van der Waals surface area contributed by atoms with Gasteiger partial charge in [0.25, 0.3) is 0 Å². The molecular weight excluding hydrogens is 168 g/mol. The molecule has 0 aromatic heterocycles. The highest BCUT2D eigenvalue weighted by atomic mass is 14.1. The van der Waals surface area contributed by atoms with Crippen molar-refractivity contribution in [2.24, 2.45) is 11.8 Å². The topological polar surface area (TPSA) is 0 Å². The summed E-state index contributed by atoms with van der Waals surface area (Å²) in [5, 5.41) is 0. The maximum absolute atomic E-state index is 2.36. The third-order valence-corrected chi connectivity index (χ3v) is 2.24. The van der Waals surface area contributed by atoms with Crippen LogP contribution in [-0.4, -0.2) is 0 Å². The van der Waals surface area contributed by atoms with E-state index in [4.69, 9.17) is 0 Å². The average Bonchev–Trinajstić information content (AvgIpc) is 2.15. The zero-order chi connectivity index (χ0) is 10.6. The Bertz CT molecular complexity index is 291. The van der Waals surface area contributed by atoms with E-state index in [-0.39, 0.29) is 0 Å². The lowest BCUT2D eigenvalue weighted by atomic mass is 9.92. The molecule has 0 bridgehead atoms. The molecule has 0 saturated heterocycles. The minimum absolute atomic E-state index is 0.597. The van der Waals surface area contributed by atoms with Gasteiger partial charge in [0.15, 0.2) is 0 Å². The standard InChI is InChI=1S/C14H20/c1-11(2)10-14(12(3)4)13-8-6-5-7-9-13/h5-12H,1-4H3/b14-10+. The Morgan fingerprint density at radius 2 is 1.57 bits per heavy atom. The van der Waals surface area contributed by atoms with Crippen LogP contribution >= 0.6 is 0 Å². The normalized spacial score (nSPS) is 12.6. The molecule has 1 aromatic rings. The molecule has 0 fully saturated rings. The molecule has 0 radical (unpaired) electrons. The second kappa shape index (κ2) is 4.99. The number of allylic oxidation sites excluding steroid dienone is 2. The molecule has 0 aliphatic rings. The number of hydrogen-bond acceptors (Lipinski definition) is 0. The molecule has 0 aliphatic carbocycles. The molecule has 0 amide bonds. The second-order valence-corrected chi connectivity index (χ2v) is 4.39. The van der Waals surface area contributed by atoms with Crippen LogP contribution in [0.2, 0.25) is 0 Å².